The summed E-state index contributed by atoms with van der Waals surface area (Å²) in [5.41, 5.74) is 0. The van der Waals surface area contributed by atoms with Crippen molar-refractivity contribution in [1.82, 2.24) is 5.06 Å². The molecule has 0 saturated carbocycles. The number of nitrogens with zero attached hydrogens (tertiary/aromatic N) is 2. The van der Waals surface area contributed by atoms with Crippen molar-refractivity contribution < 1.29 is 14.9 Å². The van der Waals surface area contributed by atoms with E-state index in [4.69, 9.17) is 0 Å². The van der Waals surface area contributed by atoms with E-state index in [1.807, 2.05) is 24.3 Å². The molecule has 2 amide bonds. The third-order valence-electron chi connectivity index (χ3n) is 2.58. The van der Waals surface area contributed by atoms with Gasteiger partial charge in [0.2, 0.25) is 0 Å². The summed E-state index contributed by atoms with van der Waals surface area (Å²) in [6.45, 7) is 1.53. The van der Waals surface area contributed by atoms with Gasteiger partial charge in [-0.25, -0.2) is 5.21 Å². The van der Waals surface area contributed by atoms with E-state index in [-0.39, 0.29) is 5.06 Å². The van der Waals surface area contributed by atoms with Crippen LogP contribution in [0.15, 0.2) is 30.3 Å². The molecule has 0 fully saturated rings. The molecule has 94 valence electrons. The van der Waals surface area contributed by atoms with E-state index in [1.165, 1.54) is 18.3 Å². The van der Waals surface area contributed by atoms with Crippen LogP contribution in [0.2, 0.25) is 0 Å². The molecule has 0 spiro atoms. The molecule has 6 nitrogen and oxygen atoms in total. The monoisotopic (exact) mass is 266 g/mol. The van der Waals surface area contributed by atoms with Crippen LogP contribution in [0.5, 0.6) is 0 Å². The van der Waals surface area contributed by atoms with Gasteiger partial charge in [-0.05, 0) is 24.4 Å². The molecule has 0 aliphatic heterocycles. The van der Waals surface area contributed by atoms with Crippen LogP contribution in [0, 0.1) is 10.1 Å². The quantitative estimate of drug-likeness (QED) is 0.514. The fourth-order valence-corrected chi connectivity index (χ4v) is 2.68. The maximum Gasteiger partial charge on any atom is 0.565 e. The molecule has 2 aromatic rings. The lowest BCUT2D eigenvalue weighted by Crippen LogP contribution is -2.33. The molecule has 0 radical (unpaired) electrons. The fourth-order valence-electron chi connectivity index (χ4n) is 1.58. The molecule has 1 atom stereocenters. The number of hydrogen-bond acceptors (Lipinski definition) is 5. The lowest BCUT2D eigenvalue weighted by atomic mass is 10.2. The van der Waals surface area contributed by atoms with Gasteiger partial charge >= 0.3 is 6.03 Å². The summed E-state index contributed by atoms with van der Waals surface area (Å²) in [4.78, 5) is 20.9. The van der Waals surface area contributed by atoms with Crippen LogP contribution < -0.4 is 0 Å². The largest absolute Gasteiger partial charge is 0.565 e. The number of carbonyl (C=O) groups excluding carboxylic acids is 1. The predicted molar refractivity (Wildman–Crippen MR) is 66.3 cm³/mol. The Hall–Kier alpha value is -1.99. The second-order valence-corrected chi connectivity index (χ2v) is 4.86. The van der Waals surface area contributed by atoms with Crippen molar-refractivity contribution in [2.45, 2.75) is 13.0 Å². The van der Waals surface area contributed by atoms with Crippen molar-refractivity contribution in [1.29, 1.82) is 0 Å². The lowest BCUT2D eigenvalue weighted by molar-refractivity contribution is -0.402. The molecule has 1 heterocycles. The predicted octanol–water partition coefficient (Wildman–Crippen LogP) is 3.05. The van der Waals surface area contributed by atoms with Crippen LogP contribution >= 0.6 is 11.3 Å². The van der Waals surface area contributed by atoms with Gasteiger partial charge in [0, 0.05) is 9.62 Å². The Kier molecular flexibility index (Phi) is 3.26. The third kappa shape index (κ3) is 2.18. The fraction of sp³-hybridized carbons (Fsp3) is 0.182. The van der Waals surface area contributed by atoms with E-state index in [0.717, 1.165) is 10.1 Å². The SMILES string of the molecule is CC(c1cc2ccccc2s1)N(O)C(=O)[N+](=O)[O-]. The molecular formula is C11H10N2O4S. The number of hydrogen-bond donors (Lipinski definition) is 1. The number of hydroxylamine groups is 2. The van der Waals surface area contributed by atoms with E-state index in [0.29, 0.717) is 4.88 Å². The number of urea groups is 1. The minimum atomic E-state index is -1.53. The first-order chi connectivity index (χ1) is 8.50. The van der Waals surface area contributed by atoms with Crippen molar-refractivity contribution in [3.63, 3.8) is 0 Å². The summed E-state index contributed by atoms with van der Waals surface area (Å²) in [6, 6.07) is 7.10. The van der Waals surface area contributed by atoms with E-state index >= 15 is 0 Å². The van der Waals surface area contributed by atoms with Crippen molar-refractivity contribution in [3.05, 3.63) is 45.3 Å². The number of rotatable bonds is 2. The summed E-state index contributed by atoms with van der Waals surface area (Å²) in [5.74, 6) is 0. The Labute approximate surface area is 106 Å². The Morgan fingerprint density at radius 1 is 1.50 bits per heavy atom. The third-order valence-corrected chi connectivity index (χ3v) is 3.86. The second kappa shape index (κ2) is 4.71. The number of fused-ring (bicyclic) bond motifs is 1. The van der Waals surface area contributed by atoms with Gasteiger partial charge in [-0.1, -0.05) is 23.3 Å². The Morgan fingerprint density at radius 3 is 2.78 bits per heavy atom. The second-order valence-electron chi connectivity index (χ2n) is 3.75. The number of amides is 2. The number of carbonyl (C=O) groups is 1. The number of benzene rings is 1. The Bertz CT molecular complexity index is 577. The first-order valence-corrected chi connectivity index (χ1v) is 5.97. The van der Waals surface area contributed by atoms with Gasteiger partial charge in [-0.15, -0.1) is 11.3 Å². The molecular weight excluding hydrogens is 256 g/mol. The van der Waals surface area contributed by atoms with Crippen LogP contribution in [0.4, 0.5) is 4.79 Å². The van der Waals surface area contributed by atoms with E-state index in [2.05, 4.69) is 0 Å². The molecule has 18 heavy (non-hydrogen) atoms. The summed E-state index contributed by atoms with van der Waals surface area (Å²) in [5, 5.41) is 20.9. The summed E-state index contributed by atoms with van der Waals surface area (Å²) >= 11 is 1.39. The molecule has 1 N–H and O–H groups in total. The lowest BCUT2D eigenvalue weighted by Gasteiger charge is -2.11. The molecule has 2 rings (SSSR count). The van der Waals surface area contributed by atoms with Crippen LogP contribution in [0.25, 0.3) is 10.1 Å². The van der Waals surface area contributed by atoms with Gasteiger partial charge in [0.1, 0.15) is 0 Å². The summed E-state index contributed by atoms with van der Waals surface area (Å²) in [6.07, 6.45) is 0. The highest BCUT2D eigenvalue weighted by molar-refractivity contribution is 7.19. The first kappa shape index (κ1) is 12.5. The minimum Gasteiger partial charge on any atom is -0.355 e. The molecule has 0 saturated heterocycles. The average Bonchev–Trinajstić information content (AvgIpc) is 2.79. The van der Waals surface area contributed by atoms with Gasteiger partial charge in [-0.2, -0.15) is 4.79 Å². The molecule has 1 aromatic carbocycles. The standard InChI is InChI=1S/C11H10N2O4S/c1-7(12(15)11(14)13(16)17)10-6-8-4-2-3-5-9(8)18-10/h2-7,15H,1H3. The molecule has 1 unspecified atom stereocenters. The van der Waals surface area contributed by atoms with E-state index in [1.54, 1.807) is 6.07 Å². The van der Waals surface area contributed by atoms with Crippen molar-refractivity contribution in [2.75, 3.05) is 0 Å². The molecule has 7 heteroatoms. The van der Waals surface area contributed by atoms with Crippen molar-refractivity contribution in [3.8, 4) is 0 Å². The van der Waals surface area contributed by atoms with E-state index in [9.17, 15) is 20.1 Å². The average molecular weight is 266 g/mol. The highest BCUT2D eigenvalue weighted by Crippen LogP contribution is 2.31. The topological polar surface area (TPSA) is 83.7 Å². The summed E-state index contributed by atoms with van der Waals surface area (Å²) in [7, 11) is 0. The number of thiophene rings is 1. The Balaban J connectivity index is 2.30. The van der Waals surface area contributed by atoms with Gasteiger partial charge in [0.05, 0.1) is 4.88 Å². The van der Waals surface area contributed by atoms with Gasteiger partial charge in [-0.3, -0.25) is 0 Å². The zero-order valence-electron chi connectivity index (χ0n) is 9.44. The zero-order chi connectivity index (χ0) is 13.3. The molecule has 0 aliphatic carbocycles. The highest BCUT2D eigenvalue weighted by Gasteiger charge is 2.32. The van der Waals surface area contributed by atoms with Crippen LogP contribution in [0.3, 0.4) is 0 Å². The molecule has 0 bridgehead atoms. The normalized spacial score (nSPS) is 12.3. The molecule has 0 aliphatic rings. The first-order valence-electron chi connectivity index (χ1n) is 5.15. The van der Waals surface area contributed by atoms with Gasteiger partial charge < -0.3 is 10.1 Å². The van der Waals surface area contributed by atoms with E-state index < -0.39 is 17.0 Å². The van der Waals surface area contributed by atoms with Gasteiger partial charge in [0.25, 0.3) is 0 Å². The van der Waals surface area contributed by atoms with Crippen molar-refractivity contribution in [2.24, 2.45) is 0 Å². The van der Waals surface area contributed by atoms with Crippen molar-refractivity contribution >= 4 is 27.5 Å². The Morgan fingerprint density at radius 2 is 2.17 bits per heavy atom. The zero-order valence-corrected chi connectivity index (χ0v) is 10.3. The smallest absolute Gasteiger partial charge is 0.355 e. The van der Waals surface area contributed by atoms with Crippen LogP contribution in [0.1, 0.15) is 17.8 Å². The maximum absolute atomic E-state index is 11.1. The molecule has 1 aromatic heterocycles. The minimum absolute atomic E-state index is 0.144. The van der Waals surface area contributed by atoms with Gasteiger partial charge in [0.15, 0.2) is 6.04 Å². The van der Waals surface area contributed by atoms with Crippen LogP contribution in [-0.2, 0) is 0 Å². The number of nitro groups is 1. The highest BCUT2D eigenvalue weighted by atomic mass is 32.1. The maximum atomic E-state index is 11.1. The van der Waals surface area contributed by atoms with Crippen LogP contribution in [-0.4, -0.2) is 21.2 Å². The summed E-state index contributed by atoms with van der Waals surface area (Å²) < 4.78 is 1.00.